The summed E-state index contributed by atoms with van der Waals surface area (Å²) in [5.41, 5.74) is 1.31. The van der Waals surface area contributed by atoms with E-state index in [0.717, 1.165) is 18.8 Å². The average Bonchev–Trinajstić information content (AvgIpc) is 2.49. The standard InChI is InChI=1S/C17H21NOS/c1-3-18(4-2)17(19)13-20-12-15-10-7-9-14-8-5-6-11-16(14)15/h5-11H,3-4,12-13H2,1-2H3. The molecule has 1 amide bonds. The molecule has 0 aliphatic heterocycles. The van der Waals surface area contributed by atoms with Crippen molar-refractivity contribution in [2.45, 2.75) is 19.6 Å². The molecule has 0 aliphatic rings. The van der Waals surface area contributed by atoms with Crippen LogP contribution in [0.1, 0.15) is 19.4 Å². The van der Waals surface area contributed by atoms with E-state index in [1.54, 1.807) is 11.8 Å². The van der Waals surface area contributed by atoms with E-state index in [1.165, 1.54) is 16.3 Å². The van der Waals surface area contributed by atoms with Gasteiger partial charge in [-0.25, -0.2) is 0 Å². The first-order valence-corrected chi connectivity index (χ1v) is 8.23. The first-order chi connectivity index (χ1) is 9.76. The minimum atomic E-state index is 0.236. The lowest BCUT2D eigenvalue weighted by atomic mass is 10.1. The SMILES string of the molecule is CCN(CC)C(=O)CSCc1cccc2ccccc12. The van der Waals surface area contributed by atoms with Crippen LogP contribution in [0.15, 0.2) is 42.5 Å². The molecule has 0 radical (unpaired) electrons. The van der Waals surface area contributed by atoms with E-state index in [2.05, 4.69) is 42.5 Å². The van der Waals surface area contributed by atoms with E-state index in [1.807, 2.05) is 18.7 Å². The highest BCUT2D eigenvalue weighted by Gasteiger charge is 2.09. The Kier molecular flexibility index (Phi) is 5.48. The van der Waals surface area contributed by atoms with Gasteiger partial charge in [-0.2, -0.15) is 0 Å². The lowest BCUT2D eigenvalue weighted by Gasteiger charge is -2.18. The zero-order valence-corrected chi connectivity index (χ0v) is 13.0. The van der Waals surface area contributed by atoms with Crippen molar-refractivity contribution in [2.24, 2.45) is 0 Å². The third-order valence-corrected chi connectivity index (χ3v) is 4.45. The molecule has 0 atom stereocenters. The number of fused-ring (bicyclic) bond motifs is 1. The second-order valence-corrected chi connectivity index (χ2v) is 5.68. The summed E-state index contributed by atoms with van der Waals surface area (Å²) in [4.78, 5) is 13.8. The molecular formula is C17H21NOS. The van der Waals surface area contributed by atoms with Crippen LogP contribution in [0.4, 0.5) is 0 Å². The molecular weight excluding hydrogens is 266 g/mol. The Bertz CT molecular complexity index is 573. The maximum absolute atomic E-state index is 12.0. The highest BCUT2D eigenvalue weighted by Crippen LogP contribution is 2.22. The summed E-state index contributed by atoms with van der Waals surface area (Å²) in [5.74, 6) is 1.68. The van der Waals surface area contributed by atoms with Crippen molar-refractivity contribution in [1.82, 2.24) is 4.90 Å². The van der Waals surface area contributed by atoms with E-state index in [-0.39, 0.29) is 5.91 Å². The van der Waals surface area contributed by atoms with E-state index < -0.39 is 0 Å². The Morgan fingerprint density at radius 2 is 1.75 bits per heavy atom. The van der Waals surface area contributed by atoms with Gasteiger partial charge in [-0.3, -0.25) is 4.79 Å². The molecule has 106 valence electrons. The Morgan fingerprint density at radius 3 is 2.50 bits per heavy atom. The maximum Gasteiger partial charge on any atom is 0.232 e. The summed E-state index contributed by atoms with van der Waals surface area (Å²) in [6.45, 7) is 5.64. The second kappa shape index (κ2) is 7.34. The first kappa shape index (κ1) is 14.9. The summed E-state index contributed by atoms with van der Waals surface area (Å²) < 4.78 is 0. The van der Waals surface area contributed by atoms with Crippen molar-refractivity contribution in [3.8, 4) is 0 Å². The number of nitrogens with zero attached hydrogens (tertiary/aromatic N) is 1. The third kappa shape index (κ3) is 3.54. The molecule has 3 heteroatoms. The lowest BCUT2D eigenvalue weighted by molar-refractivity contribution is -0.127. The Morgan fingerprint density at radius 1 is 1.05 bits per heavy atom. The summed E-state index contributed by atoms with van der Waals surface area (Å²) >= 11 is 1.70. The molecule has 2 aromatic rings. The number of benzene rings is 2. The molecule has 20 heavy (non-hydrogen) atoms. The zero-order chi connectivity index (χ0) is 14.4. The van der Waals surface area contributed by atoms with Crippen LogP contribution in [0.25, 0.3) is 10.8 Å². The lowest BCUT2D eigenvalue weighted by Crippen LogP contribution is -2.31. The highest BCUT2D eigenvalue weighted by atomic mass is 32.2. The van der Waals surface area contributed by atoms with Gasteiger partial charge in [0.25, 0.3) is 0 Å². The van der Waals surface area contributed by atoms with Crippen molar-refractivity contribution in [1.29, 1.82) is 0 Å². The number of carbonyl (C=O) groups is 1. The first-order valence-electron chi connectivity index (χ1n) is 7.08. The van der Waals surface area contributed by atoms with Crippen molar-refractivity contribution in [3.05, 3.63) is 48.0 Å². The van der Waals surface area contributed by atoms with E-state index in [4.69, 9.17) is 0 Å². The maximum atomic E-state index is 12.0. The normalized spacial score (nSPS) is 10.7. The van der Waals surface area contributed by atoms with Crippen molar-refractivity contribution >= 4 is 28.4 Å². The van der Waals surface area contributed by atoms with Crippen LogP contribution in [0.5, 0.6) is 0 Å². The van der Waals surface area contributed by atoms with Gasteiger partial charge in [-0.05, 0) is 30.2 Å². The number of amides is 1. The smallest absolute Gasteiger partial charge is 0.232 e. The fourth-order valence-electron chi connectivity index (χ4n) is 2.33. The van der Waals surface area contributed by atoms with Gasteiger partial charge >= 0.3 is 0 Å². The quantitative estimate of drug-likeness (QED) is 0.802. The highest BCUT2D eigenvalue weighted by molar-refractivity contribution is 7.99. The number of rotatable bonds is 6. The molecule has 0 aromatic heterocycles. The molecule has 2 rings (SSSR count). The van der Waals surface area contributed by atoms with Gasteiger partial charge in [-0.1, -0.05) is 42.5 Å². The van der Waals surface area contributed by atoms with Crippen LogP contribution in [0.2, 0.25) is 0 Å². The molecule has 0 spiro atoms. The Labute approximate surface area is 125 Å². The van der Waals surface area contributed by atoms with Crippen LogP contribution >= 0.6 is 11.8 Å². The summed E-state index contributed by atoms with van der Waals surface area (Å²) in [6, 6.07) is 14.8. The van der Waals surface area contributed by atoms with Gasteiger partial charge in [-0.15, -0.1) is 11.8 Å². The number of carbonyl (C=O) groups excluding carboxylic acids is 1. The summed E-state index contributed by atoms with van der Waals surface area (Å²) in [5, 5.41) is 2.55. The minimum Gasteiger partial charge on any atom is -0.343 e. The van der Waals surface area contributed by atoms with Gasteiger partial charge in [0.1, 0.15) is 0 Å². The summed E-state index contributed by atoms with van der Waals surface area (Å²) in [7, 11) is 0. The van der Waals surface area contributed by atoms with Crippen LogP contribution in [0, 0.1) is 0 Å². The number of hydrogen-bond acceptors (Lipinski definition) is 2. The molecule has 0 unspecified atom stereocenters. The van der Waals surface area contributed by atoms with Gasteiger partial charge in [0, 0.05) is 18.8 Å². The number of hydrogen-bond donors (Lipinski definition) is 0. The molecule has 0 bridgehead atoms. The number of thioether (sulfide) groups is 1. The molecule has 0 heterocycles. The van der Waals surface area contributed by atoms with Crippen LogP contribution in [-0.2, 0) is 10.5 Å². The predicted molar refractivity (Wildman–Crippen MR) is 88.0 cm³/mol. The van der Waals surface area contributed by atoms with E-state index in [0.29, 0.717) is 5.75 Å². The Hall–Kier alpha value is -1.48. The monoisotopic (exact) mass is 287 g/mol. The topological polar surface area (TPSA) is 20.3 Å². The van der Waals surface area contributed by atoms with Crippen molar-refractivity contribution < 1.29 is 4.79 Å². The van der Waals surface area contributed by atoms with Crippen molar-refractivity contribution in [3.63, 3.8) is 0 Å². The second-order valence-electron chi connectivity index (χ2n) is 4.70. The van der Waals surface area contributed by atoms with Gasteiger partial charge < -0.3 is 4.90 Å². The molecule has 2 aromatic carbocycles. The fraction of sp³-hybridized carbons (Fsp3) is 0.353. The zero-order valence-electron chi connectivity index (χ0n) is 12.1. The van der Waals surface area contributed by atoms with Crippen LogP contribution < -0.4 is 0 Å². The molecule has 0 saturated carbocycles. The Balaban J connectivity index is 1.98. The van der Waals surface area contributed by atoms with E-state index in [9.17, 15) is 4.79 Å². The largest absolute Gasteiger partial charge is 0.343 e. The summed E-state index contributed by atoms with van der Waals surface area (Å²) in [6.07, 6.45) is 0. The van der Waals surface area contributed by atoms with Crippen LogP contribution in [0.3, 0.4) is 0 Å². The average molecular weight is 287 g/mol. The van der Waals surface area contributed by atoms with Gasteiger partial charge in [0.05, 0.1) is 5.75 Å². The van der Waals surface area contributed by atoms with Crippen LogP contribution in [-0.4, -0.2) is 29.6 Å². The molecule has 0 aliphatic carbocycles. The van der Waals surface area contributed by atoms with E-state index >= 15 is 0 Å². The van der Waals surface area contributed by atoms with Gasteiger partial charge in [0.15, 0.2) is 0 Å². The fourth-order valence-corrected chi connectivity index (χ4v) is 3.27. The molecule has 0 saturated heterocycles. The van der Waals surface area contributed by atoms with Crippen molar-refractivity contribution in [2.75, 3.05) is 18.8 Å². The minimum absolute atomic E-state index is 0.236. The molecule has 0 fully saturated rings. The molecule has 2 nitrogen and oxygen atoms in total. The predicted octanol–water partition coefficient (Wildman–Crippen LogP) is 3.94. The van der Waals surface area contributed by atoms with Gasteiger partial charge in [0.2, 0.25) is 5.91 Å². The molecule has 0 N–H and O–H groups in total. The third-order valence-electron chi connectivity index (χ3n) is 3.48.